The minimum atomic E-state index is -3.49. The van der Waals surface area contributed by atoms with Crippen molar-refractivity contribution in [3.05, 3.63) is 0 Å². The van der Waals surface area contributed by atoms with E-state index in [2.05, 4.69) is 29.4 Å². The van der Waals surface area contributed by atoms with Crippen molar-refractivity contribution in [1.29, 1.82) is 0 Å². The number of rotatable bonds is 7. The molecule has 0 bridgehead atoms. The highest BCUT2D eigenvalue weighted by atomic mass is 32.2. The van der Waals surface area contributed by atoms with Crippen molar-refractivity contribution in [3.8, 4) is 0 Å². The van der Waals surface area contributed by atoms with Gasteiger partial charge in [0, 0.05) is 32.9 Å². The fourth-order valence-corrected chi connectivity index (χ4v) is 5.28. The molecule has 1 saturated heterocycles. The van der Waals surface area contributed by atoms with Crippen molar-refractivity contribution in [2.45, 2.75) is 31.0 Å². The average molecular weight is 408 g/mol. The topological polar surface area (TPSA) is 95.5 Å². The number of piperidine rings is 1. The van der Waals surface area contributed by atoms with Crippen LogP contribution in [0.15, 0.2) is 4.34 Å². The molecule has 1 aliphatic heterocycles. The van der Waals surface area contributed by atoms with Crippen molar-refractivity contribution in [2.24, 2.45) is 11.8 Å². The highest BCUT2D eigenvalue weighted by Crippen LogP contribution is 2.28. The molecular formula is C14H25N5O3S3. The van der Waals surface area contributed by atoms with E-state index in [1.54, 1.807) is 11.8 Å². The zero-order valence-corrected chi connectivity index (χ0v) is 17.4. The molecule has 0 radical (unpaired) electrons. The lowest BCUT2D eigenvalue weighted by molar-refractivity contribution is -0.120. The van der Waals surface area contributed by atoms with Crippen LogP contribution in [-0.4, -0.2) is 66.1 Å². The molecule has 8 nitrogen and oxygen atoms in total. The maximum absolute atomic E-state index is 12.5. The Labute approximate surface area is 157 Å². The highest BCUT2D eigenvalue weighted by Gasteiger charge is 2.33. The number of hydrogen-bond acceptors (Lipinski definition) is 7. The predicted molar refractivity (Wildman–Crippen MR) is 101 cm³/mol. The molecule has 0 aromatic carbocycles. The number of nitrogens with zero attached hydrogens (tertiary/aromatic N) is 4. The van der Waals surface area contributed by atoms with E-state index in [1.807, 2.05) is 0 Å². The van der Waals surface area contributed by atoms with Gasteiger partial charge in [-0.1, -0.05) is 36.9 Å². The number of aromatic nitrogens is 2. The molecule has 142 valence electrons. The molecule has 1 atom stereocenters. The van der Waals surface area contributed by atoms with Gasteiger partial charge in [-0.3, -0.25) is 4.79 Å². The molecule has 2 heterocycles. The van der Waals surface area contributed by atoms with Crippen LogP contribution in [0.25, 0.3) is 0 Å². The van der Waals surface area contributed by atoms with Crippen LogP contribution < -0.4 is 5.32 Å². The summed E-state index contributed by atoms with van der Waals surface area (Å²) >= 11 is 2.97. The summed E-state index contributed by atoms with van der Waals surface area (Å²) in [5, 5.41) is 11.3. The maximum Gasteiger partial charge on any atom is 0.281 e. The Balaban J connectivity index is 1.94. The molecule has 0 spiro atoms. The summed E-state index contributed by atoms with van der Waals surface area (Å²) in [6.45, 7) is 4.90. The van der Waals surface area contributed by atoms with E-state index < -0.39 is 10.2 Å². The Morgan fingerprint density at radius 1 is 1.44 bits per heavy atom. The zero-order chi connectivity index (χ0) is 18.6. The fraction of sp³-hybridized carbons (Fsp3) is 0.786. The predicted octanol–water partition coefficient (Wildman–Crippen LogP) is 1.74. The number of hydrogen-bond donors (Lipinski definition) is 1. The molecule has 25 heavy (non-hydrogen) atoms. The normalized spacial score (nSPS) is 19.5. The van der Waals surface area contributed by atoms with Gasteiger partial charge < -0.3 is 5.32 Å². The number of nitrogens with one attached hydrogen (secondary N) is 1. The summed E-state index contributed by atoms with van der Waals surface area (Å²) in [7, 11) is -0.499. The first-order valence-electron chi connectivity index (χ1n) is 8.15. The molecular weight excluding hydrogens is 382 g/mol. The van der Waals surface area contributed by atoms with E-state index >= 15 is 0 Å². The first-order chi connectivity index (χ1) is 11.7. The van der Waals surface area contributed by atoms with Gasteiger partial charge in [0.2, 0.25) is 11.0 Å². The molecule has 2 rings (SSSR count). The summed E-state index contributed by atoms with van der Waals surface area (Å²) < 4.78 is 27.8. The van der Waals surface area contributed by atoms with Crippen LogP contribution in [0.3, 0.4) is 0 Å². The number of amides is 1. The van der Waals surface area contributed by atoms with E-state index in [-0.39, 0.29) is 18.4 Å². The molecule has 1 amide bonds. The van der Waals surface area contributed by atoms with Crippen LogP contribution in [0.2, 0.25) is 0 Å². The molecule has 0 unspecified atom stereocenters. The van der Waals surface area contributed by atoms with Crippen molar-refractivity contribution >= 4 is 44.3 Å². The van der Waals surface area contributed by atoms with E-state index in [0.717, 1.165) is 10.1 Å². The van der Waals surface area contributed by atoms with Gasteiger partial charge in [0.05, 0.1) is 5.92 Å². The smallest absolute Gasteiger partial charge is 0.281 e. The second-order valence-electron chi connectivity index (χ2n) is 6.55. The van der Waals surface area contributed by atoms with Gasteiger partial charge in [-0.15, -0.1) is 10.2 Å². The molecule has 1 fully saturated rings. The molecule has 1 aromatic rings. The van der Waals surface area contributed by atoms with Crippen molar-refractivity contribution in [2.75, 3.05) is 38.3 Å². The van der Waals surface area contributed by atoms with Crippen LogP contribution in [0.5, 0.6) is 0 Å². The molecule has 0 saturated carbocycles. The first kappa shape index (κ1) is 20.6. The summed E-state index contributed by atoms with van der Waals surface area (Å²) in [4.78, 5) is 12.5. The Kier molecular flexibility index (Phi) is 7.20. The number of anilines is 1. The minimum Gasteiger partial charge on any atom is -0.300 e. The summed E-state index contributed by atoms with van der Waals surface area (Å²) in [5.74, 6) is 0.927. The Morgan fingerprint density at radius 3 is 2.80 bits per heavy atom. The number of carbonyl (C=O) groups excluding carboxylic acids is 1. The van der Waals surface area contributed by atoms with E-state index in [0.29, 0.717) is 30.4 Å². The zero-order valence-electron chi connectivity index (χ0n) is 14.9. The lowest BCUT2D eigenvalue weighted by Gasteiger charge is -2.32. The van der Waals surface area contributed by atoms with Gasteiger partial charge >= 0.3 is 0 Å². The van der Waals surface area contributed by atoms with Crippen LogP contribution in [-0.2, 0) is 15.0 Å². The number of thioether (sulfide) groups is 1. The summed E-state index contributed by atoms with van der Waals surface area (Å²) in [6.07, 6.45) is 1.33. The van der Waals surface area contributed by atoms with Crippen molar-refractivity contribution in [3.63, 3.8) is 0 Å². The van der Waals surface area contributed by atoms with E-state index in [4.69, 9.17) is 0 Å². The summed E-state index contributed by atoms with van der Waals surface area (Å²) in [6, 6.07) is 0. The summed E-state index contributed by atoms with van der Waals surface area (Å²) in [5.41, 5.74) is 0. The standard InChI is InChI=1S/C14H25N5O3S3/c1-10(2)9-23-14-17-16-13(24-14)15-12(20)11-6-5-7-19(8-11)25(21,22)18(3)4/h10-11H,5-9H2,1-4H3,(H,15,16,20)/t11-/m0/s1. The quantitative estimate of drug-likeness (QED) is 0.546. The third-order valence-electron chi connectivity index (χ3n) is 3.72. The van der Waals surface area contributed by atoms with Crippen LogP contribution in [0, 0.1) is 11.8 Å². The largest absolute Gasteiger partial charge is 0.300 e. The third-order valence-corrected chi connectivity index (χ3v) is 8.03. The lowest BCUT2D eigenvalue weighted by Crippen LogP contribution is -2.47. The molecule has 1 N–H and O–H groups in total. The molecule has 1 aliphatic rings. The Hall–Kier alpha value is -0.750. The SMILES string of the molecule is CC(C)CSc1nnc(NC(=O)[C@H]2CCCN(S(=O)(=O)N(C)C)C2)s1. The van der Waals surface area contributed by atoms with Gasteiger partial charge in [0.15, 0.2) is 4.34 Å². The highest BCUT2D eigenvalue weighted by molar-refractivity contribution is 8.01. The Bertz CT molecular complexity index is 690. The van der Waals surface area contributed by atoms with Gasteiger partial charge in [-0.2, -0.15) is 17.0 Å². The van der Waals surface area contributed by atoms with Gasteiger partial charge in [-0.05, 0) is 18.8 Å². The maximum atomic E-state index is 12.5. The number of carbonyl (C=O) groups is 1. The Morgan fingerprint density at radius 2 is 2.16 bits per heavy atom. The van der Waals surface area contributed by atoms with Crippen molar-refractivity contribution < 1.29 is 13.2 Å². The molecule has 0 aliphatic carbocycles. The van der Waals surface area contributed by atoms with Gasteiger partial charge in [0.25, 0.3) is 10.2 Å². The van der Waals surface area contributed by atoms with Crippen molar-refractivity contribution in [1.82, 2.24) is 18.8 Å². The third kappa shape index (κ3) is 5.61. The van der Waals surface area contributed by atoms with E-state index in [9.17, 15) is 13.2 Å². The van der Waals surface area contributed by atoms with Crippen LogP contribution in [0.4, 0.5) is 5.13 Å². The molecule has 11 heteroatoms. The monoisotopic (exact) mass is 407 g/mol. The fourth-order valence-electron chi connectivity index (χ4n) is 2.36. The van der Waals surface area contributed by atoms with Crippen LogP contribution in [0.1, 0.15) is 26.7 Å². The van der Waals surface area contributed by atoms with E-state index in [1.165, 1.54) is 34.0 Å². The van der Waals surface area contributed by atoms with Gasteiger partial charge in [-0.25, -0.2) is 0 Å². The first-order valence-corrected chi connectivity index (χ1v) is 11.3. The van der Waals surface area contributed by atoms with Gasteiger partial charge in [0.1, 0.15) is 0 Å². The second kappa shape index (κ2) is 8.76. The second-order valence-corrected chi connectivity index (χ2v) is 10.9. The minimum absolute atomic E-state index is 0.195. The molecule has 1 aromatic heterocycles. The lowest BCUT2D eigenvalue weighted by atomic mass is 9.99. The van der Waals surface area contributed by atoms with Crippen LogP contribution >= 0.6 is 23.1 Å². The average Bonchev–Trinajstić information content (AvgIpc) is 3.00.